The molecule has 8 heteroatoms. The van der Waals surface area contributed by atoms with Gasteiger partial charge in [-0.05, 0) is 35.8 Å². The van der Waals surface area contributed by atoms with Crippen molar-refractivity contribution in [2.45, 2.75) is 13.0 Å². The topological polar surface area (TPSA) is 71.0 Å². The van der Waals surface area contributed by atoms with Gasteiger partial charge >= 0.3 is 0 Å². The number of rotatable bonds is 10. The second-order valence-corrected chi connectivity index (χ2v) is 7.42. The number of aromatic amines is 1. The Kier molecular flexibility index (Phi) is 8.69. The van der Waals surface area contributed by atoms with E-state index in [1.807, 2.05) is 29.2 Å². The van der Waals surface area contributed by atoms with Crippen molar-refractivity contribution in [3.63, 3.8) is 0 Å². The smallest absolute Gasteiger partial charge is 0.253 e. The highest BCUT2D eigenvalue weighted by atomic mass is 32.1. The van der Waals surface area contributed by atoms with Gasteiger partial charge in [0.05, 0.1) is 46.4 Å². The summed E-state index contributed by atoms with van der Waals surface area (Å²) in [4.78, 5) is 19.0. The molecule has 0 aliphatic carbocycles. The maximum atomic E-state index is 12.6. The average Bonchev–Trinajstić information content (AvgIpc) is 2.67. The molecule has 0 amide bonds. The Morgan fingerprint density at radius 2 is 2.07 bits per heavy atom. The minimum absolute atomic E-state index is 0.108. The first-order chi connectivity index (χ1) is 13.4. The third-order valence-electron chi connectivity index (χ3n) is 4.47. The number of nitrogens with zero attached hydrogens (tertiary/aromatic N) is 1. The molecule has 0 aliphatic heterocycles. The Morgan fingerprint density at radius 1 is 1.29 bits per heavy atom. The standard InChI is InChI=1S/C20H30N4O3S/c1-23(2)9-5-10-24(20(28)21-8-11-26-3)14-16-12-15-6-7-17(27-4)13-18(15)22-19(16)25/h6-7,12-13H,5,8-11,14H2,1-4H3,(H,21,28)(H,22,25)/p+1. The third-order valence-corrected chi connectivity index (χ3v) is 4.87. The van der Waals surface area contributed by atoms with Crippen LogP contribution in [0.3, 0.4) is 0 Å². The molecule has 0 bridgehead atoms. The fraction of sp³-hybridized carbons (Fsp3) is 0.500. The summed E-state index contributed by atoms with van der Waals surface area (Å²) >= 11 is 5.56. The number of ether oxygens (including phenoxy) is 2. The summed E-state index contributed by atoms with van der Waals surface area (Å²) in [6, 6.07) is 7.59. The zero-order valence-electron chi connectivity index (χ0n) is 17.1. The van der Waals surface area contributed by atoms with E-state index in [2.05, 4.69) is 24.4 Å². The highest BCUT2D eigenvalue weighted by molar-refractivity contribution is 7.80. The van der Waals surface area contributed by atoms with Crippen LogP contribution in [0.1, 0.15) is 12.0 Å². The average molecular weight is 408 g/mol. The molecule has 0 radical (unpaired) electrons. The number of quaternary nitrogens is 1. The number of aromatic nitrogens is 1. The van der Waals surface area contributed by atoms with Gasteiger partial charge in [0, 0.05) is 38.2 Å². The van der Waals surface area contributed by atoms with Gasteiger partial charge in [0.2, 0.25) is 0 Å². The van der Waals surface area contributed by atoms with Crippen LogP contribution < -0.4 is 20.5 Å². The van der Waals surface area contributed by atoms with Crippen molar-refractivity contribution < 1.29 is 14.4 Å². The first-order valence-corrected chi connectivity index (χ1v) is 9.86. The second kappa shape index (κ2) is 11.0. The Labute approximate surface area is 171 Å². The van der Waals surface area contributed by atoms with Gasteiger partial charge in [-0.15, -0.1) is 0 Å². The van der Waals surface area contributed by atoms with E-state index in [1.54, 1.807) is 14.2 Å². The summed E-state index contributed by atoms with van der Waals surface area (Å²) in [5.74, 6) is 0.715. The van der Waals surface area contributed by atoms with E-state index in [0.29, 0.717) is 36.1 Å². The normalized spacial score (nSPS) is 11.0. The van der Waals surface area contributed by atoms with Gasteiger partial charge in [-0.25, -0.2) is 0 Å². The fourth-order valence-corrected chi connectivity index (χ4v) is 3.18. The minimum atomic E-state index is -0.108. The molecule has 28 heavy (non-hydrogen) atoms. The number of methoxy groups -OCH3 is 2. The van der Waals surface area contributed by atoms with Crippen molar-refractivity contribution in [2.75, 3.05) is 54.6 Å². The number of hydrogen-bond donors (Lipinski definition) is 3. The van der Waals surface area contributed by atoms with Crippen LogP contribution in [0.4, 0.5) is 0 Å². The molecular weight excluding hydrogens is 376 g/mol. The van der Waals surface area contributed by atoms with Crippen LogP contribution in [-0.4, -0.2) is 69.6 Å². The number of fused-ring (bicyclic) bond motifs is 1. The molecule has 7 nitrogen and oxygen atoms in total. The lowest BCUT2D eigenvalue weighted by Gasteiger charge is -2.26. The number of pyridine rings is 1. The van der Waals surface area contributed by atoms with E-state index < -0.39 is 0 Å². The Hall–Kier alpha value is -2.16. The summed E-state index contributed by atoms with van der Waals surface area (Å²) in [5.41, 5.74) is 1.34. The molecule has 0 saturated heterocycles. The van der Waals surface area contributed by atoms with Gasteiger partial charge in [-0.1, -0.05) is 0 Å². The maximum Gasteiger partial charge on any atom is 0.253 e. The summed E-state index contributed by atoms with van der Waals surface area (Å²) in [6.07, 6.45) is 0.983. The van der Waals surface area contributed by atoms with Crippen LogP contribution in [0.5, 0.6) is 5.75 Å². The summed E-state index contributed by atoms with van der Waals surface area (Å²) in [5, 5.41) is 4.81. The molecule has 0 aliphatic rings. The van der Waals surface area contributed by atoms with Gasteiger partial charge in [0.25, 0.3) is 5.56 Å². The summed E-state index contributed by atoms with van der Waals surface area (Å²) < 4.78 is 10.3. The van der Waals surface area contributed by atoms with Crippen molar-refractivity contribution in [3.05, 3.63) is 40.2 Å². The van der Waals surface area contributed by atoms with Crippen molar-refractivity contribution in [1.82, 2.24) is 15.2 Å². The van der Waals surface area contributed by atoms with Crippen LogP contribution in [-0.2, 0) is 11.3 Å². The first-order valence-electron chi connectivity index (χ1n) is 9.45. The molecule has 0 unspecified atom stereocenters. The summed E-state index contributed by atoms with van der Waals surface area (Å²) in [7, 11) is 7.52. The molecule has 3 N–H and O–H groups in total. The predicted molar refractivity (Wildman–Crippen MR) is 116 cm³/mol. The number of hydrogen-bond acceptors (Lipinski definition) is 4. The zero-order valence-corrected chi connectivity index (χ0v) is 17.9. The van der Waals surface area contributed by atoms with E-state index >= 15 is 0 Å². The minimum Gasteiger partial charge on any atom is -0.497 e. The molecular formula is C20H31N4O3S+. The predicted octanol–water partition coefficient (Wildman–Crippen LogP) is 0.394. The molecule has 1 aromatic carbocycles. The molecule has 154 valence electrons. The molecule has 1 aromatic heterocycles. The Bertz CT molecular complexity index is 838. The van der Waals surface area contributed by atoms with E-state index in [1.165, 1.54) is 4.90 Å². The highest BCUT2D eigenvalue weighted by Crippen LogP contribution is 2.19. The third kappa shape index (κ3) is 6.47. The van der Waals surface area contributed by atoms with Crippen LogP contribution in [0.25, 0.3) is 10.9 Å². The van der Waals surface area contributed by atoms with Crippen molar-refractivity contribution in [1.29, 1.82) is 0 Å². The molecule has 2 aromatic rings. The molecule has 1 heterocycles. The Balaban J connectivity index is 2.19. The molecule has 0 spiro atoms. The van der Waals surface area contributed by atoms with Gasteiger partial charge in [-0.3, -0.25) is 4.79 Å². The van der Waals surface area contributed by atoms with Gasteiger partial charge in [-0.2, -0.15) is 0 Å². The zero-order chi connectivity index (χ0) is 20.5. The number of thiocarbonyl (C=S) groups is 1. The van der Waals surface area contributed by atoms with Crippen LogP contribution in [0, 0.1) is 0 Å². The van der Waals surface area contributed by atoms with Crippen LogP contribution in [0.15, 0.2) is 29.1 Å². The molecule has 2 rings (SSSR count). The van der Waals surface area contributed by atoms with Crippen LogP contribution in [0.2, 0.25) is 0 Å². The largest absolute Gasteiger partial charge is 0.497 e. The van der Waals surface area contributed by atoms with Crippen molar-refractivity contribution in [2.24, 2.45) is 0 Å². The van der Waals surface area contributed by atoms with E-state index in [9.17, 15) is 4.79 Å². The number of H-pyrrole nitrogens is 1. The lowest BCUT2D eigenvalue weighted by Crippen LogP contribution is -3.05. The quantitative estimate of drug-likeness (QED) is 0.391. The molecule has 0 fully saturated rings. The second-order valence-electron chi connectivity index (χ2n) is 7.03. The van der Waals surface area contributed by atoms with Crippen LogP contribution >= 0.6 is 12.2 Å². The fourth-order valence-electron chi connectivity index (χ4n) is 2.92. The first kappa shape index (κ1) is 22.1. The van der Waals surface area contributed by atoms with Crippen molar-refractivity contribution >= 4 is 28.2 Å². The molecule has 0 saturated carbocycles. The van der Waals surface area contributed by atoms with Gasteiger partial charge in [0.1, 0.15) is 5.75 Å². The van der Waals surface area contributed by atoms with Gasteiger partial charge in [0.15, 0.2) is 5.11 Å². The number of benzene rings is 1. The van der Waals surface area contributed by atoms with E-state index in [4.69, 9.17) is 21.7 Å². The SMILES string of the molecule is COCCNC(=S)N(CCC[NH+](C)C)Cc1cc2ccc(OC)cc2[nH]c1=O. The van der Waals surface area contributed by atoms with E-state index in [0.717, 1.165) is 30.4 Å². The van der Waals surface area contributed by atoms with E-state index in [-0.39, 0.29) is 5.56 Å². The highest BCUT2D eigenvalue weighted by Gasteiger charge is 2.14. The molecule has 0 atom stereocenters. The maximum absolute atomic E-state index is 12.6. The van der Waals surface area contributed by atoms with Gasteiger partial charge < -0.3 is 29.6 Å². The van der Waals surface area contributed by atoms with Crippen molar-refractivity contribution in [3.8, 4) is 5.75 Å². The lowest BCUT2D eigenvalue weighted by atomic mass is 10.1. The Morgan fingerprint density at radius 3 is 2.75 bits per heavy atom. The number of nitrogens with one attached hydrogen (secondary N) is 3. The lowest BCUT2D eigenvalue weighted by molar-refractivity contribution is -0.858. The summed E-state index contributed by atoms with van der Waals surface area (Å²) in [6.45, 7) is 3.49. The monoisotopic (exact) mass is 407 g/mol.